The van der Waals surface area contributed by atoms with Crippen LogP contribution in [0.15, 0.2) is 62.8 Å². The fourth-order valence-electron chi connectivity index (χ4n) is 4.41. The number of fused-ring (bicyclic) bond motifs is 2. The second kappa shape index (κ2) is 9.63. The number of anilines is 1. The Hall–Kier alpha value is -2.89. The van der Waals surface area contributed by atoms with Gasteiger partial charge in [-0.25, -0.2) is 9.69 Å². The highest BCUT2D eigenvalue weighted by Gasteiger charge is 2.56. The monoisotopic (exact) mass is 574 g/mol. The molecule has 1 N–H and O–H groups in total. The van der Waals surface area contributed by atoms with Crippen LogP contribution in [0.2, 0.25) is 0 Å². The number of carbonyl (C=O) groups excluding carboxylic acids is 3. The second-order valence-corrected chi connectivity index (χ2v) is 11.0. The molecular weight excluding hydrogens is 556 g/mol. The van der Waals surface area contributed by atoms with E-state index in [1.807, 2.05) is 0 Å². The SMILES string of the molecule is CCOC(=O)COc1ccccc1[C@H]1c2sc(=O)[nH]c2SC2C(=O)N(c3ccc(Br)cc3)C(=O)C21. The summed E-state index contributed by atoms with van der Waals surface area (Å²) in [6, 6.07) is 14.0. The van der Waals surface area contributed by atoms with E-state index in [4.69, 9.17) is 9.47 Å². The van der Waals surface area contributed by atoms with E-state index in [0.29, 0.717) is 26.9 Å². The minimum Gasteiger partial charge on any atom is -0.482 e. The summed E-state index contributed by atoms with van der Waals surface area (Å²) in [5.41, 5.74) is 1.11. The van der Waals surface area contributed by atoms with E-state index in [0.717, 1.165) is 15.8 Å². The maximum absolute atomic E-state index is 13.8. The normalized spacial score (nSPS) is 21.0. The van der Waals surface area contributed by atoms with Gasteiger partial charge in [-0.05, 0) is 37.3 Å². The molecule has 1 aromatic heterocycles. The van der Waals surface area contributed by atoms with Gasteiger partial charge in [0.2, 0.25) is 11.8 Å². The van der Waals surface area contributed by atoms with Crippen LogP contribution < -0.4 is 14.5 Å². The zero-order chi connectivity index (χ0) is 24.7. The minimum absolute atomic E-state index is 0.233. The van der Waals surface area contributed by atoms with Gasteiger partial charge in [-0.3, -0.25) is 14.4 Å². The number of halogens is 1. The van der Waals surface area contributed by atoms with Crippen molar-refractivity contribution in [2.45, 2.75) is 23.1 Å². The van der Waals surface area contributed by atoms with E-state index in [1.165, 1.54) is 16.7 Å². The van der Waals surface area contributed by atoms with Gasteiger partial charge in [0.15, 0.2) is 6.61 Å². The molecule has 0 saturated carbocycles. The summed E-state index contributed by atoms with van der Waals surface area (Å²) in [5, 5.41) is -0.141. The number of hydrogen-bond acceptors (Lipinski definition) is 8. The zero-order valence-corrected chi connectivity index (χ0v) is 21.6. The van der Waals surface area contributed by atoms with Crippen LogP contribution in [0.25, 0.3) is 0 Å². The zero-order valence-electron chi connectivity index (χ0n) is 18.4. The predicted molar refractivity (Wildman–Crippen MR) is 135 cm³/mol. The van der Waals surface area contributed by atoms with Gasteiger partial charge in [0.1, 0.15) is 11.0 Å². The van der Waals surface area contributed by atoms with Crippen molar-refractivity contribution in [3.8, 4) is 5.75 Å². The first-order valence-corrected chi connectivity index (χ1v) is 13.3. The summed E-state index contributed by atoms with van der Waals surface area (Å²) >= 11 is 5.61. The molecular formula is C24H19BrN2O6S2. The molecule has 3 atom stereocenters. The summed E-state index contributed by atoms with van der Waals surface area (Å²) in [6.45, 7) is 1.64. The predicted octanol–water partition coefficient (Wildman–Crippen LogP) is 3.94. The van der Waals surface area contributed by atoms with Gasteiger partial charge in [0, 0.05) is 20.8 Å². The number of benzene rings is 2. The van der Waals surface area contributed by atoms with Gasteiger partial charge in [-0.15, -0.1) is 0 Å². The molecule has 0 aliphatic carbocycles. The van der Waals surface area contributed by atoms with Crippen LogP contribution in [0, 0.1) is 5.92 Å². The van der Waals surface area contributed by atoms with E-state index >= 15 is 0 Å². The Kier molecular flexibility index (Phi) is 6.56. The van der Waals surface area contributed by atoms with Crippen LogP contribution in [0.5, 0.6) is 5.75 Å². The molecule has 1 saturated heterocycles. The van der Waals surface area contributed by atoms with Crippen molar-refractivity contribution in [1.29, 1.82) is 0 Å². The number of hydrogen-bond donors (Lipinski definition) is 1. The molecule has 11 heteroatoms. The van der Waals surface area contributed by atoms with Gasteiger partial charge in [-0.2, -0.15) is 0 Å². The van der Waals surface area contributed by atoms with E-state index in [9.17, 15) is 19.2 Å². The van der Waals surface area contributed by atoms with Crippen LogP contribution in [0.1, 0.15) is 23.3 Å². The number of nitrogens with one attached hydrogen (secondary N) is 1. The number of amides is 2. The second-order valence-electron chi connectivity index (χ2n) is 7.87. The van der Waals surface area contributed by atoms with Gasteiger partial charge in [-0.1, -0.05) is 57.2 Å². The van der Waals surface area contributed by atoms with Gasteiger partial charge in [0.25, 0.3) is 0 Å². The maximum Gasteiger partial charge on any atom is 0.344 e. The average Bonchev–Trinajstić information content (AvgIpc) is 3.33. The number of aromatic amines is 1. The van der Waals surface area contributed by atoms with Crippen molar-refractivity contribution in [2.24, 2.45) is 5.92 Å². The minimum atomic E-state index is -0.748. The van der Waals surface area contributed by atoms with Crippen LogP contribution in [-0.4, -0.2) is 41.2 Å². The van der Waals surface area contributed by atoms with E-state index in [1.54, 1.807) is 55.5 Å². The lowest BCUT2D eigenvalue weighted by Crippen LogP contribution is -2.32. The van der Waals surface area contributed by atoms with Gasteiger partial charge < -0.3 is 14.5 Å². The molecule has 2 amide bonds. The Balaban J connectivity index is 1.58. The summed E-state index contributed by atoms with van der Waals surface area (Å²) in [7, 11) is 0. The number of rotatable bonds is 6. The highest BCUT2D eigenvalue weighted by molar-refractivity contribution is 9.10. The van der Waals surface area contributed by atoms with E-state index in [2.05, 4.69) is 20.9 Å². The highest BCUT2D eigenvalue weighted by Crippen LogP contribution is 2.54. The Labute approximate surface area is 216 Å². The van der Waals surface area contributed by atoms with Crippen LogP contribution >= 0.6 is 39.0 Å². The fourth-order valence-corrected chi connectivity index (χ4v) is 7.18. The molecule has 5 rings (SSSR count). The Bertz CT molecular complexity index is 1370. The van der Waals surface area contributed by atoms with E-state index < -0.39 is 23.1 Å². The lowest BCUT2D eigenvalue weighted by atomic mass is 9.82. The number of thiazole rings is 1. The molecule has 35 heavy (non-hydrogen) atoms. The van der Waals surface area contributed by atoms with Crippen molar-refractivity contribution in [1.82, 2.24) is 4.98 Å². The van der Waals surface area contributed by atoms with E-state index in [-0.39, 0.29) is 29.9 Å². The van der Waals surface area contributed by atoms with Crippen molar-refractivity contribution in [3.05, 3.63) is 73.1 Å². The Morgan fingerprint density at radius 2 is 1.83 bits per heavy atom. The molecule has 1 fully saturated rings. The third kappa shape index (κ3) is 4.32. The molecule has 2 aliphatic rings. The molecule has 8 nitrogen and oxygen atoms in total. The fraction of sp³-hybridized carbons (Fsp3) is 0.250. The summed E-state index contributed by atoms with van der Waals surface area (Å²) in [4.78, 5) is 55.9. The molecule has 3 aromatic rings. The molecule has 2 aromatic carbocycles. The maximum atomic E-state index is 13.8. The lowest BCUT2D eigenvalue weighted by molar-refractivity contribution is -0.145. The van der Waals surface area contributed by atoms with Crippen molar-refractivity contribution < 1.29 is 23.9 Å². The number of H-pyrrole nitrogens is 1. The number of nitrogens with zero attached hydrogens (tertiary/aromatic N) is 1. The third-order valence-corrected chi connectivity index (χ3v) is 8.74. The van der Waals surface area contributed by atoms with Crippen LogP contribution in [-0.2, 0) is 19.1 Å². The number of esters is 1. The number of para-hydroxylation sites is 1. The molecule has 3 heterocycles. The quantitative estimate of drug-likeness (QED) is 0.351. The Morgan fingerprint density at radius 3 is 2.57 bits per heavy atom. The lowest BCUT2D eigenvalue weighted by Gasteiger charge is -2.30. The molecule has 0 radical (unpaired) electrons. The third-order valence-electron chi connectivity index (χ3n) is 5.81. The molecule has 180 valence electrons. The smallest absolute Gasteiger partial charge is 0.344 e. The first-order valence-electron chi connectivity index (χ1n) is 10.8. The summed E-state index contributed by atoms with van der Waals surface area (Å²) < 4.78 is 11.6. The average molecular weight is 575 g/mol. The number of ether oxygens (including phenoxy) is 2. The number of imide groups is 1. The molecule has 2 unspecified atom stereocenters. The van der Waals surface area contributed by atoms with Crippen molar-refractivity contribution >= 4 is 62.5 Å². The first kappa shape index (κ1) is 23.8. The van der Waals surface area contributed by atoms with Crippen LogP contribution in [0.3, 0.4) is 0 Å². The molecule has 0 bridgehead atoms. The summed E-state index contributed by atoms with van der Waals surface area (Å²) in [6.07, 6.45) is 0. The topological polar surface area (TPSA) is 106 Å². The largest absolute Gasteiger partial charge is 0.482 e. The summed E-state index contributed by atoms with van der Waals surface area (Å²) in [5.74, 6) is -2.14. The highest BCUT2D eigenvalue weighted by atomic mass is 79.9. The van der Waals surface area contributed by atoms with Crippen LogP contribution in [0.4, 0.5) is 5.69 Å². The molecule has 0 spiro atoms. The van der Waals surface area contributed by atoms with Crippen molar-refractivity contribution in [3.63, 3.8) is 0 Å². The molecule has 2 aliphatic heterocycles. The van der Waals surface area contributed by atoms with Crippen molar-refractivity contribution in [2.75, 3.05) is 18.1 Å². The standard InChI is InChI=1S/C24H19BrN2O6S2/c1-2-32-16(28)11-33-15-6-4-3-5-14(15)17-18-20(34-21-19(17)35-24(31)26-21)23(30)27(22(18)29)13-9-7-12(25)8-10-13/h3-10,17-18,20H,2,11H2,1H3,(H,26,31)/t17-,18?,20?/m1/s1. The van der Waals surface area contributed by atoms with Gasteiger partial charge in [0.05, 0.1) is 23.2 Å². The first-order chi connectivity index (χ1) is 16.9. The van der Waals surface area contributed by atoms with Gasteiger partial charge >= 0.3 is 10.8 Å². The number of thioether (sulfide) groups is 1. The Morgan fingerprint density at radius 1 is 1.09 bits per heavy atom. The number of aromatic nitrogens is 1. The number of carbonyl (C=O) groups is 3.